The van der Waals surface area contributed by atoms with E-state index < -0.39 is 36.9 Å². The van der Waals surface area contributed by atoms with Gasteiger partial charge < -0.3 is 10.4 Å². The molecule has 0 aliphatic carbocycles. The number of alkyl halides is 3. The van der Waals surface area contributed by atoms with Gasteiger partial charge in [0.05, 0.1) is 0 Å². The second-order valence-corrected chi connectivity index (χ2v) is 2.75. The highest BCUT2D eigenvalue weighted by atomic mass is 19.4. The third kappa shape index (κ3) is 6.27. The summed E-state index contributed by atoms with van der Waals surface area (Å²) in [7, 11) is 0. The number of rotatable bonds is 4. The minimum absolute atomic E-state index is 0.654. The second kappa shape index (κ2) is 4.83. The van der Waals surface area contributed by atoms with Crippen LogP contribution in [0.2, 0.25) is 0 Å². The van der Waals surface area contributed by atoms with E-state index in [1.807, 2.05) is 5.32 Å². The zero-order valence-electron chi connectivity index (χ0n) is 7.39. The van der Waals surface area contributed by atoms with Gasteiger partial charge in [0.2, 0.25) is 5.91 Å². The van der Waals surface area contributed by atoms with E-state index in [1.54, 1.807) is 0 Å². The first-order chi connectivity index (χ1) is 6.22. The van der Waals surface area contributed by atoms with Crippen LogP contribution < -0.4 is 5.32 Å². The molecule has 0 aliphatic rings. The minimum atomic E-state index is -4.41. The molecular formula is C7H10F3NO3. The number of hydrogen-bond donors (Lipinski definition) is 2. The molecule has 0 radical (unpaired) electrons. The van der Waals surface area contributed by atoms with Crippen LogP contribution in [0.25, 0.3) is 0 Å². The number of amides is 1. The molecule has 0 bridgehead atoms. The highest BCUT2D eigenvalue weighted by molar-refractivity contribution is 5.81. The summed E-state index contributed by atoms with van der Waals surface area (Å²) < 4.78 is 35.1. The molecule has 1 amide bonds. The Balaban J connectivity index is 4.11. The van der Waals surface area contributed by atoms with Gasteiger partial charge in [-0.1, -0.05) is 0 Å². The molecule has 0 rings (SSSR count). The van der Waals surface area contributed by atoms with E-state index in [1.165, 1.54) is 0 Å². The van der Waals surface area contributed by atoms with Gasteiger partial charge in [0.1, 0.15) is 6.04 Å². The lowest BCUT2D eigenvalue weighted by Crippen LogP contribution is -2.40. The maximum Gasteiger partial charge on any atom is 0.389 e. The van der Waals surface area contributed by atoms with Crippen molar-refractivity contribution in [3.8, 4) is 0 Å². The summed E-state index contributed by atoms with van der Waals surface area (Å²) in [6.07, 6.45) is -6.30. The molecule has 0 aromatic carbocycles. The zero-order valence-corrected chi connectivity index (χ0v) is 7.39. The maximum absolute atomic E-state index is 11.7. The number of halogens is 3. The fraction of sp³-hybridized carbons (Fsp3) is 0.714. The van der Waals surface area contributed by atoms with E-state index >= 15 is 0 Å². The van der Waals surface area contributed by atoms with Crippen LogP contribution in [0.4, 0.5) is 13.2 Å². The summed E-state index contributed by atoms with van der Waals surface area (Å²) >= 11 is 0. The predicted molar refractivity (Wildman–Crippen MR) is 40.5 cm³/mol. The van der Waals surface area contributed by atoms with Crippen molar-refractivity contribution in [1.29, 1.82) is 0 Å². The molecule has 1 atom stereocenters. The largest absolute Gasteiger partial charge is 0.480 e. The summed E-state index contributed by atoms with van der Waals surface area (Å²) in [5, 5.41) is 10.4. The number of nitrogens with one attached hydrogen (secondary N) is 1. The average Bonchev–Trinajstić information content (AvgIpc) is 1.94. The summed E-state index contributed by atoms with van der Waals surface area (Å²) in [5.74, 6) is -2.14. The SMILES string of the molecule is CC(=O)N[C@H](CCC(F)(F)F)C(=O)O. The molecule has 2 N–H and O–H groups in total. The molecule has 0 saturated carbocycles. The first-order valence-electron chi connectivity index (χ1n) is 3.79. The summed E-state index contributed by atoms with van der Waals surface area (Å²) in [6, 6.07) is -1.48. The Morgan fingerprint density at radius 3 is 2.21 bits per heavy atom. The Kier molecular flexibility index (Phi) is 4.39. The van der Waals surface area contributed by atoms with E-state index in [-0.39, 0.29) is 0 Å². The Labute approximate surface area is 78.1 Å². The number of hydrogen-bond acceptors (Lipinski definition) is 2. The molecule has 7 heteroatoms. The van der Waals surface area contributed by atoms with Crippen molar-refractivity contribution >= 4 is 11.9 Å². The molecule has 0 aromatic heterocycles. The van der Waals surface area contributed by atoms with Crippen LogP contribution in [0.1, 0.15) is 19.8 Å². The van der Waals surface area contributed by atoms with Gasteiger partial charge in [0.15, 0.2) is 0 Å². The van der Waals surface area contributed by atoms with E-state index in [0.29, 0.717) is 0 Å². The lowest BCUT2D eigenvalue weighted by Gasteiger charge is -2.13. The van der Waals surface area contributed by atoms with Gasteiger partial charge in [-0.3, -0.25) is 4.79 Å². The quantitative estimate of drug-likeness (QED) is 0.729. The van der Waals surface area contributed by atoms with Crippen LogP contribution in [0.3, 0.4) is 0 Å². The van der Waals surface area contributed by atoms with E-state index in [2.05, 4.69) is 0 Å². The Bertz CT molecular complexity index is 227. The van der Waals surface area contributed by atoms with Crippen molar-refractivity contribution < 1.29 is 27.9 Å². The Morgan fingerprint density at radius 1 is 1.43 bits per heavy atom. The van der Waals surface area contributed by atoms with Crippen molar-refractivity contribution in [2.45, 2.75) is 32.0 Å². The zero-order chi connectivity index (χ0) is 11.4. The molecule has 0 aliphatic heterocycles. The van der Waals surface area contributed by atoms with Crippen LogP contribution in [0.5, 0.6) is 0 Å². The van der Waals surface area contributed by atoms with Gasteiger partial charge in [-0.15, -0.1) is 0 Å². The van der Waals surface area contributed by atoms with Crippen molar-refractivity contribution in [2.24, 2.45) is 0 Å². The van der Waals surface area contributed by atoms with Crippen LogP contribution in [-0.2, 0) is 9.59 Å². The van der Waals surface area contributed by atoms with Crippen LogP contribution in [-0.4, -0.2) is 29.2 Å². The molecular weight excluding hydrogens is 203 g/mol. The van der Waals surface area contributed by atoms with Gasteiger partial charge in [0.25, 0.3) is 0 Å². The number of carbonyl (C=O) groups is 2. The summed E-state index contributed by atoms with van der Waals surface area (Å²) in [5.41, 5.74) is 0. The van der Waals surface area contributed by atoms with Gasteiger partial charge >= 0.3 is 12.1 Å². The maximum atomic E-state index is 11.7. The Morgan fingerprint density at radius 2 is 1.93 bits per heavy atom. The third-order valence-electron chi connectivity index (χ3n) is 1.39. The lowest BCUT2D eigenvalue weighted by atomic mass is 10.1. The van der Waals surface area contributed by atoms with E-state index in [4.69, 9.17) is 5.11 Å². The predicted octanol–water partition coefficient (Wildman–Crippen LogP) is 0.918. The molecule has 0 spiro atoms. The van der Waals surface area contributed by atoms with Crippen LogP contribution in [0, 0.1) is 0 Å². The van der Waals surface area contributed by atoms with Crippen molar-refractivity contribution in [3.05, 3.63) is 0 Å². The highest BCUT2D eigenvalue weighted by Crippen LogP contribution is 2.22. The number of carboxylic acids is 1. The van der Waals surface area contributed by atoms with Gasteiger partial charge in [-0.2, -0.15) is 13.2 Å². The molecule has 14 heavy (non-hydrogen) atoms. The summed E-state index contributed by atoms with van der Waals surface area (Å²) in [4.78, 5) is 20.8. The Hall–Kier alpha value is -1.27. The van der Waals surface area contributed by atoms with Crippen molar-refractivity contribution in [1.82, 2.24) is 5.32 Å². The molecule has 0 aromatic rings. The fourth-order valence-electron chi connectivity index (χ4n) is 0.811. The topological polar surface area (TPSA) is 66.4 Å². The normalized spacial score (nSPS) is 13.4. The first kappa shape index (κ1) is 12.7. The number of carbonyl (C=O) groups excluding carboxylic acids is 1. The highest BCUT2D eigenvalue weighted by Gasteiger charge is 2.30. The first-order valence-corrected chi connectivity index (χ1v) is 3.79. The lowest BCUT2D eigenvalue weighted by molar-refractivity contribution is -0.148. The van der Waals surface area contributed by atoms with Gasteiger partial charge in [-0.05, 0) is 6.42 Å². The summed E-state index contributed by atoms with van der Waals surface area (Å²) in [6.45, 7) is 1.05. The molecule has 0 unspecified atom stereocenters. The monoisotopic (exact) mass is 213 g/mol. The molecule has 0 fully saturated rings. The fourth-order valence-corrected chi connectivity index (χ4v) is 0.811. The molecule has 82 valence electrons. The standard InChI is InChI=1S/C7H10F3NO3/c1-4(12)11-5(6(13)14)2-3-7(8,9)10/h5H,2-3H2,1H3,(H,11,12)(H,13,14)/t5-/m1/s1. The molecule has 4 nitrogen and oxygen atoms in total. The number of carboxylic acid groups (broad SMARTS) is 1. The minimum Gasteiger partial charge on any atom is -0.480 e. The van der Waals surface area contributed by atoms with Gasteiger partial charge in [-0.25, -0.2) is 4.79 Å². The smallest absolute Gasteiger partial charge is 0.389 e. The van der Waals surface area contributed by atoms with Gasteiger partial charge in [0, 0.05) is 13.3 Å². The van der Waals surface area contributed by atoms with Crippen LogP contribution in [0.15, 0.2) is 0 Å². The third-order valence-corrected chi connectivity index (χ3v) is 1.39. The van der Waals surface area contributed by atoms with E-state index in [0.717, 1.165) is 6.92 Å². The van der Waals surface area contributed by atoms with Crippen molar-refractivity contribution in [3.63, 3.8) is 0 Å². The average molecular weight is 213 g/mol. The second-order valence-electron chi connectivity index (χ2n) is 2.75. The van der Waals surface area contributed by atoms with E-state index in [9.17, 15) is 22.8 Å². The van der Waals surface area contributed by atoms with Crippen molar-refractivity contribution in [2.75, 3.05) is 0 Å². The van der Waals surface area contributed by atoms with Crippen LogP contribution >= 0.6 is 0 Å². The number of aliphatic carboxylic acids is 1. The molecule has 0 saturated heterocycles. The molecule has 0 heterocycles.